The highest BCUT2D eigenvalue weighted by atomic mass is 16.7. The quantitative estimate of drug-likeness (QED) is 0.125. The molecule has 10 heteroatoms. The molecule has 4 rings (SSSR count). The number of hydrogen-bond donors (Lipinski definition) is 2. The van der Waals surface area contributed by atoms with Gasteiger partial charge >= 0.3 is 11.9 Å². The number of nitrogens with one attached hydrogen (secondary N) is 2. The van der Waals surface area contributed by atoms with Gasteiger partial charge in [-0.1, -0.05) is 97.1 Å². The minimum Gasteiger partial charge on any atom is -0.334 e. The van der Waals surface area contributed by atoms with Crippen molar-refractivity contribution in [1.29, 1.82) is 0 Å². The number of anilines is 2. The van der Waals surface area contributed by atoms with Crippen LogP contribution in [0.15, 0.2) is 131 Å². The van der Waals surface area contributed by atoms with Gasteiger partial charge in [-0.25, -0.2) is 9.59 Å². The van der Waals surface area contributed by atoms with Crippen LogP contribution in [0, 0.1) is 0 Å². The largest absolute Gasteiger partial charge is 0.356 e. The topological polar surface area (TPSA) is 108 Å². The third-order valence-electron chi connectivity index (χ3n) is 6.35. The van der Waals surface area contributed by atoms with Crippen molar-refractivity contribution in [3.05, 3.63) is 121 Å². The maximum Gasteiger partial charge on any atom is 0.356 e. The van der Waals surface area contributed by atoms with Crippen molar-refractivity contribution in [3.8, 4) is 22.3 Å². The van der Waals surface area contributed by atoms with E-state index < -0.39 is 11.9 Å². The van der Waals surface area contributed by atoms with E-state index in [0.29, 0.717) is 0 Å². The van der Waals surface area contributed by atoms with Crippen molar-refractivity contribution >= 4 is 35.2 Å². The smallest absolute Gasteiger partial charge is 0.334 e. The molecule has 0 fully saturated rings. The maximum atomic E-state index is 12.5. The summed E-state index contributed by atoms with van der Waals surface area (Å²) in [6.45, 7) is 0. The Bertz CT molecular complexity index is 1530. The van der Waals surface area contributed by atoms with Crippen molar-refractivity contribution in [3.63, 3.8) is 0 Å². The molecule has 0 aliphatic rings. The molecule has 0 heterocycles. The minimum atomic E-state index is -0.800. The molecule has 0 spiro atoms. The van der Waals surface area contributed by atoms with E-state index in [0.717, 1.165) is 45.8 Å². The molecular formula is C34H34N6O4. The Labute approximate surface area is 256 Å². The van der Waals surface area contributed by atoms with Crippen LogP contribution >= 0.6 is 0 Å². The third kappa shape index (κ3) is 8.32. The van der Waals surface area contributed by atoms with Crippen LogP contribution in [0.25, 0.3) is 22.3 Å². The summed E-state index contributed by atoms with van der Waals surface area (Å²) in [5.41, 5.74) is 5.49. The maximum absolute atomic E-state index is 12.5. The molecule has 10 nitrogen and oxygen atoms in total. The van der Waals surface area contributed by atoms with Crippen molar-refractivity contribution in [2.24, 2.45) is 9.98 Å². The predicted octanol–water partition coefficient (Wildman–Crippen LogP) is 5.85. The molecule has 0 unspecified atom stereocenters. The number of guanidine groups is 2. The zero-order chi connectivity index (χ0) is 31.3. The molecule has 0 atom stereocenters. The summed E-state index contributed by atoms with van der Waals surface area (Å²) >= 11 is 0. The van der Waals surface area contributed by atoms with Gasteiger partial charge in [-0.15, -0.1) is 0 Å². The fraction of sp³-hybridized carbons (Fsp3) is 0.118. The Hall–Kier alpha value is -5.90. The summed E-state index contributed by atoms with van der Waals surface area (Å²) in [6.07, 6.45) is 1.94. The molecule has 0 radical (unpaired) electrons. The number of para-hydroxylation sites is 2. The van der Waals surface area contributed by atoms with Crippen molar-refractivity contribution in [1.82, 2.24) is 10.1 Å². The van der Waals surface area contributed by atoms with E-state index in [9.17, 15) is 9.59 Å². The number of rotatable bonds is 6. The monoisotopic (exact) mass is 590 g/mol. The van der Waals surface area contributed by atoms with Crippen LogP contribution < -0.4 is 10.6 Å². The molecule has 44 heavy (non-hydrogen) atoms. The lowest BCUT2D eigenvalue weighted by molar-refractivity contribution is -0.165. The lowest BCUT2D eigenvalue weighted by Gasteiger charge is -2.22. The number of aliphatic imine (C=N–C) groups is 2. The summed E-state index contributed by atoms with van der Waals surface area (Å²) in [4.78, 5) is 44.1. The molecule has 224 valence electrons. The van der Waals surface area contributed by atoms with Crippen molar-refractivity contribution < 1.29 is 19.3 Å². The first-order valence-electron chi connectivity index (χ1n) is 13.8. The lowest BCUT2D eigenvalue weighted by atomic mass is 10.0. The molecule has 0 aliphatic heterocycles. The number of hydrogen-bond acceptors (Lipinski definition) is 6. The van der Waals surface area contributed by atoms with Crippen LogP contribution in [0.4, 0.5) is 11.4 Å². The highest BCUT2D eigenvalue weighted by molar-refractivity contribution is 5.99. The second kappa shape index (κ2) is 15.4. The van der Waals surface area contributed by atoms with E-state index in [1.54, 1.807) is 14.1 Å². The Kier molecular flexibility index (Phi) is 10.8. The number of benzene rings is 4. The Morgan fingerprint density at radius 2 is 0.909 bits per heavy atom. The molecule has 0 bridgehead atoms. The van der Waals surface area contributed by atoms with Gasteiger partial charge in [0.05, 0.1) is 0 Å². The average Bonchev–Trinajstić information content (AvgIpc) is 3.06. The first kappa shape index (κ1) is 31.0. The molecule has 2 N–H and O–H groups in total. The molecule has 0 aromatic heterocycles. The first-order valence-corrected chi connectivity index (χ1v) is 13.8. The fourth-order valence-corrected chi connectivity index (χ4v) is 4.27. The summed E-state index contributed by atoms with van der Waals surface area (Å²) in [6, 6.07) is 35.2. The van der Waals surface area contributed by atoms with E-state index in [1.807, 2.05) is 109 Å². The van der Waals surface area contributed by atoms with Crippen LogP contribution in [0.3, 0.4) is 0 Å². The van der Waals surface area contributed by atoms with Gasteiger partial charge in [-0.2, -0.15) is 10.1 Å². The van der Waals surface area contributed by atoms with E-state index >= 15 is 0 Å². The standard InChI is InChI=1S/C34H34N6O4/c1-35-33(37-29-21-13-11-19-27(29)25-15-7-5-8-16-25)39(3)43-31(41)23-24-32(42)44-40(4)34(36-2)38-30-22-14-12-20-28(30)26-17-9-6-10-18-26/h5-24H,1-4H3,(H,35,37)(H,36,38)/b24-23+. The second-order valence-electron chi connectivity index (χ2n) is 9.32. The van der Waals surface area contributed by atoms with Gasteiger partial charge in [0, 0.05) is 62.8 Å². The molecule has 4 aromatic rings. The van der Waals surface area contributed by atoms with Gasteiger partial charge in [-0.05, 0) is 23.3 Å². The number of hydroxylamine groups is 4. The molecule has 4 aromatic carbocycles. The van der Waals surface area contributed by atoms with Gasteiger partial charge in [0.25, 0.3) is 0 Å². The summed E-state index contributed by atoms with van der Waals surface area (Å²) < 4.78 is 0. The Morgan fingerprint density at radius 1 is 0.568 bits per heavy atom. The molecule has 0 aliphatic carbocycles. The van der Waals surface area contributed by atoms with Gasteiger partial charge in [0.15, 0.2) is 0 Å². The van der Waals surface area contributed by atoms with E-state index in [-0.39, 0.29) is 11.9 Å². The van der Waals surface area contributed by atoms with E-state index in [4.69, 9.17) is 9.68 Å². The zero-order valence-corrected chi connectivity index (χ0v) is 25.0. The molecule has 0 saturated carbocycles. The highest BCUT2D eigenvalue weighted by Gasteiger charge is 2.16. The molecule has 0 amide bonds. The van der Waals surface area contributed by atoms with Gasteiger partial charge in [0.2, 0.25) is 11.9 Å². The number of carbonyl (C=O) groups is 2. The van der Waals surface area contributed by atoms with Crippen LogP contribution in [-0.2, 0) is 19.3 Å². The van der Waals surface area contributed by atoms with Crippen LogP contribution in [0.2, 0.25) is 0 Å². The minimum absolute atomic E-state index is 0.281. The van der Waals surface area contributed by atoms with Crippen LogP contribution in [0.1, 0.15) is 0 Å². The van der Waals surface area contributed by atoms with Crippen LogP contribution in [0.5, 0.6) is 0 Å². The van der Waals surface area contributed by atoms with Gasteiger partial charge < -0.3 is 20.3 Å². The number of carbonyl (C=O) groups excluding carboxylic acids is 2. The average molecular weight is 591 g/mol. The van der Waals surface area contributed by atoms with Gasteiger partial charge in [0.1, 0.15) is 0 Å². The van der Waals surface area contributed by atoms with E-state index in [1.165, 1.54) is 24.2 Å². The van der Waals surface area contributed by atoms with E-state index in [2.05, 4.69) is 20.6 Å². The van der Waals surface area contributed by atoms with Crippen molar-refractivity contribution in [2.45, 2.75) is 0 Å². The summed E-state index contributed by atoms with van der Waals surface area (Å²) in [5, 5.41) is 8.77. The highest BCUT2D eigenvalue weighted by Crippen LogP contribution is 2.29. The summed E-state index contributed by atoms with van der Waals surface area (Å²) in [7, 11) is 6.20. The Morgan fingerprint density at radius 3 is 1.27 bits per heavy atom. The fourth-order valence-electron chi connectivity index (χ4n) is 4.27. The lowest BCUT2D eigenvalue weighted by Crippen LogP contribution is -2.35. The zero-order valence-electron chi connectivity index (χ0n) is 25.0. The normalized spacial score (nSPS) is 11.5. The summed E-state index contributed by atoms with van der Waals surface area (Å²) in [5.74, 6) is -1.04. The first-order chi connectivity index (χ1) is 21.4. The molecule has 0 saturated heterocycles. The third-order valence-corrected chi connectivity index (χ3v) is 6.35. The number of nitrogens with zero attached hydrogens (tertiary/aromatic N) is 4. The Balaban J connectivity index is 1.33. The predicted molar refractivity (Wildman–Crippen MR) is 175 cm³/mol. The molecular weight excluding hydrogens is 556 g/mol. The van der Waals surface area contributed by atoms with Gasteiger partial charge in [-0.3, -0.25) is 9.98 Å². The second-order valence-corrected chi connectivity index (χ2v) is 9.32. The van der Waals surface area contributed by atoms with Crippen molar-refractivity contribution in [2.75, 3.05) is 38.8 Å². The van der Waals surface area contributed by atoms with Crippen LogP contribution in [-0.4, -0.2) is 62.2 Å². The SMILES string of the molecule is CN=C(Nc1ccccc1-c1ccccc1)N(C)OC(=O)/C=C/C(=O)ON(C)C(=NC)Nc1ccccc1-c1ccccc1.